The Balaban J connectivity index is 2.20. The highest BCUT2D eigenvalue weighted by atomic mass is 79.9. The standard InChI is InChI=1S/C11H11BrO2/c12-9-5-3-8(4-6-9)10-2-1-7-14-11(10)13/h3-6,10H,1-2,7H2. The zero-order valence-electron chi connectivity index (χ0n) is 7.70. The number of carbonyl (C=O) groups is 1. The lowest BCUT2D eigenvalue weighted by Gasteiger charge is -2.21. The van der Waals surface area contributed by atoms with Crippen LogP contribution in [0.15, 0.2) is 28.7 Å². The smallest absolute Gasteiger partial charge is 0.313 e. The summed E-state index contributed by atoms with van der Waals surface area (Å²) in [6, 6.07) is 7.86. The van der Waals surface area contributed by atoms with Crippen molar-refractivity contribution in [1.82, 2.24) is 0 Å². The van der Waals surface area contributed by atoms with Gasteiger partial charge in [-0.05, 0) is 30.5 Å². The lowest BCUT2D eigenvalue weighted by molar-refractivity contribution is -0.149. The van der Waals surface area contributed by atoms with E-state index >= 15 is 0 Å². The van der Waals surface area contributed by atoms with E-state index < -0.39 is 0 Å². The second-order valence-corrected chi connectivity index (χ2v) is 4.33. The number of carbonyl (C=O) groups excluding carboxylic acids is 1. The summed E-state index contributed by atoms with van der Waals surface area (Å²) in [6.45, 7) is 0.575. The molecule has 3 heteroatoms. The van der Waals surface area contributed by atoms with Crippen LogP contribution in [0, 0.1) is 0 Å². The van der Waals surface area contributed by atoms with Gasteiger partial charge in [-0.1, -0.05) is 28.1 Å². The molecule has 1 saturated heterocycles. The van der Waals surface area contributed by atoms with Gasteiger partial charge in [-0.3, -0.25) is 4.79 Å². The molecule has 0 aliphatic carbocycles. The van der Waals surface area contributed by atoms with Crippen molar-refractivity contribution in [1.29, 1.82) is 0 Å². The molecule has 1 fully saturated rings. The molecule has 2 rings (SSSR count). The summed E-state index contributed by atoms with van der Waals surface area (Å²) in [7, 11) is 0. The third-order valence-corrected chi connectivity index (χ3v) is 2.97. The molecule has 0 bridgehead atoms. The first-order valence-electron chi connectivity index (χ1n) is 4.69. The lowest BCUT2D eigenvalue weighted by atomic mass is 9.93. The molecule has 1 aliphatic rings. The van der Waals surface area contributed by atoms with E-state index in [1.165, 1.54) is 0 Å². The Labute approximate surface area is 91.4 Å². The fourth-order valence-electron chi connectivity index (χ4n) is 1.68. The summed E-state index contributed by atoms with van der Waals surface area (Å²) in [5.74, 6) is -0.143. The monoisotopic (exact) mass is 254 g/mol. The van der Waals surface area contributed by atoms with E-state index in [0.29, 0.717) is 6.61 Å². The van der Waals surface area contributed by atoms with Gasteiger partial charge in [0.2, 0.25) is 0 Å². The maximum atomic E-state index is 11.4. The Morgan fingerprint density at radius 3 is 2.64 bits per heavy atom. The number of benzene rings is 1. The van der Waals surface area contributed by atoms with Gasteiger partial charge < -0.3 is 4.74 Å². The molecule has 0 spiro atoms. The molecule has 0 N–H and O–H groups in total. The fraction of sp³-hybridized carbons (Fsp3) is 0.364. The Morgan fingerprint density at radius 2 is 2.00 bits per heavy atom. The first-order chi connectivity index (χ1) is 6.77. The van der Waals surface area contributed by atoms with Crippen LogP contribution < -0.4 is 0 Å². The molecule has 74 valence electrons. The van der Waals surface area contributed by atoms with Gasteiger partial charge in [0, 0.05) is 4.47 Å². The Hall–Kier alpha value is -0.830. The molecule has 1 heterocycles. The van der Waals surface area contributed by atoms with Gasteiger partial charge >= 0.3 is 5.97 Å². The molecule has 2 nitrogen and oxygen atoms in total. The first kappa shape index (κ1) is 9.71. The van der Waals surface area contributed by atoms with Crippen LogP contribution in [0.2, 0.25) is 0 Å². The van der Waals surface area contributed by atoms with Gasteiger partial charge in [0.05, 0.1) is 12.5 Å². The molecule has 1 unspecified atom stereocenters. The first-order valence-corrected chi connectivity index (χ1v) is 5.49. The number of hydrogen-bond donors (Lipinski definition) is 0. The Morgan fingerprint density at radius 1 is 1.29 bits per heavy atom. The van der Waals surface area contributed by atoms with Crippen molar-refractivity contribution < 1.29 is 9.53 Å². The molecule has 0 radical (unpaired) electrons. The van der Waals surface area contributed by atoms with E-state index in [0.717, 1.165) is 22.9 Å². The summed E-state index contributed by atoms with van der Waals surface area (Å²) in [6.07, 6.45) is 1.87. The van der Waals surface area contributed by atoms with Gasteiger partial charge in [-0.2, -0.15) is 0 Å². The van der Waals surface area contributed by atoms with E-state index in [1.54, 1.807) is 0 Å². The average Bonchev–Trinajstić information content (AvgIpc) is 2.20. The van der Waals surface area contributed by atoms with Crippen molar-refractivity contribution in [3.8, 4) is 0 Å². The van der Waals surface area contributed by atoms with Gasteiger partial charge in [0.1, 0.15) is 0 Å². The minimum Gasteiger partial charge on any atom is -0.465 e. The lowest BCUT2D eigenvalue weighted by Crippen LogP contribution is -2.22. The van der Waals surface area contributed by atoms with E-state index in [1.807, 2.05) is 24.3 Å². The highest BCUT2D eigenvalue weighted by molar-refractivity contribution is 9.10. The third-order valence-electron chi connectivity index (χ3n) is 2.44. The fourth-order valence-corrected chi connectivity index (χ4v) is 1.94. The quantitative estimate of drug-likeness (QED) is 0.721. The minimum atomic E-state index is -0.0847. The van der Waals surface area contributed by atoms with E-state index in [-0.39, 0.29) is 11.9 Å². The number of ether oxygens (including phenoxy) is 1. The van der Waals surface area contributed by atoms with Gasteiger partial charge in [-0.15, -0.1) is 0 Å². The van der Waals surface area contributed by atoms with Crippen LogP contribution >= 0.6 is 15.9 Å². The summed E-state index contributed by atoms with van der Waals surface area (Å²) >= 11 is 3.37. The number of cyclic esters (lactones) is 1. The average molecular weight is 255 g/mol. The zero-order chi connectivity index (χ0) is 9.97. The summed E-state index contributed by atoms with van der Waals surface area (Å²) < 4.78 is 6.06. The van der Waals surface area contributed by atoms with Crippen LogP contribution in [0.5, 0.6) is 0 Å². The summed E-state index contributed by atoms with van der Waals surface area (Å²) in [4.78, 5) is 11.4. The molecular formula is C11H11BrO2. The van der Waals surface area contributed by atoms with E-state index in [4.69, 9.17) is 4.74 Å². The largest absolute Gasteiger partial charge is 0.465 e. The van der Waals surface area contributed by atoms with Crippen LogP contribution in [-0.4, -0.2) is 12.6 Å². The Bertz CT molecular complexity index is 332. The van der Waals surface area contributed by atoms with Crippen LogP contribution in [0.1, 0.15) is 24.3 Å². The van der Waals surface area contributed by atoms with Crippen molar-refractivity contribution in [2.75, 3.05) is 6.61 Å². The number of halogens is 1. The second-order valence-electron chi connectivity index (χ2n) is 3.41. The van der Waals surface area contributed by atoms with Crippen LogP contribution in [-0.2, 0) is 9.53 Å². The zero-order valence-corrected chi connectivity index (χ0v) is 9.29. The molecule has 1 aromatic rings. The topological polar surface area (TPSA) is 26.3 Å². The number of hydrogen-bond acceptors (Lipinski definition) is 2. The SMILES string of the molecule is O=C1OCCCC1c1ccc(Br)cc1. The van der Waals surface area contributed by atoms with Gasteiger partial charge in [0.25, 0.3) is 0 Å². The summed E-state index contributed by atoms with van der Waals surface area (Å²) in [5.41, 5.74) is 1.05. The predicted molar refractivity (Wildman–Crippen MR) is 57.1 cm³/mol. The molecule has 14 heavy (non-hydrogen) atoms. The highest BCUT2D eigenvalue weighted by Gasteiger charge is 2.25. The maximum Gasteiger partial charge on any atom is 0.313 e. The van der Waals surface area contributed by atoms with Crippen molar-refractivity contribution >= 4 is 21.9 Å². The Kier molecular flexibility index (Phi) is 2.87. The highest BCUT2D eigenvalue weighted by Crippen LogP contribution is 2.27. The van der Waals surface area contributed by atoms with Crippen molar-refractivity contribution in [3.05, 3.63) is 34.3 Å². The number of rotatable bonds is 1. The molecule has 0 saturated carbocycles. The molecule has 1 aromatic carbocycles. The van der Waals surface area contributed by atoms with Crippen molar-refractivity contribution in [3.63, 3.8) is 0 Å². The van der Waals surface area contributed by atoms with Gasteiger partial charge in [0.15, 0.2) is 0 Å². The van der Waals surface area contributed by atoms with Crippen molar-refractivity contribution in [2.24, 2.45) is 0 Å². The molecular weight excluding hydrogens is 244 g/mol. The van der Waals surface area contributed by atoms with E-state index in [9.17, 15) is 4.79 Å². The van der Waals surface area contributed by atoms with Crippen LogP contribution in [0.25, 0.3) is 0 Å². The van der Waals surface area contributed by atoms with Crippen LogP contribution in [0.3, 0.4) is 0 Å². The minimum absolute atomic E-state index is 0.0585. The normalized spacial score (nSPS) is 21.8. The molecule has 1 atom stereocenters. The van der Waals surface area contributed by atoms with Crippen LogP contribution in [0.4, 0.5) is 0 Å². The van der Waals surface area contributed by atoms with Crippen molar-refractivity contribution in [2.45, 2.75) is 18.8 Å². The maximum absolute atomic E-state index is 11.4. The van der Waals surface area contributed by atoms with E-state index in [2.05, 4.69) is 15.9 Å². The third kappa shape index (κ3) is 1.98. The summed E-state index contributed by atoms with van der Waals surface area (Å²) in [5, 5.41) is 0. The molecule has 0 aromatic heterocycles. The molecule has 0 amide bonds. The number of esters is 1. The second kappa shape index (κ2) is 4.13. The van der Waals surface area contributed by atoms with Gasteiger partial charge in [-0.25, -0.2) is 0 Å². The predicted octanol–water partition coefficient (Wildman–Crippen LogP) is 2.87. The molecule has 1 aliphatic heterocycles.